The van der Waals surface area contributed by atoms with Crippen molar-refractivity contribution in [1.29, 1.82) is 0 Å². The number of ether oxygens (including phenoxy) is 2. The summed E-state index contributed by atoms with van der Waals surface area (Å²) in [6.07, 6.45) is 25.4. The molecule has 0 aromatic carbocycles. The van der Waals surface area contributed by atoms with Crippen LogP contribution < -0.4 is 5.32 Å². The van der Waals surface area contributed by atoms with E-state index in [1.54, 1.807) is 12.2 Å². The maximum absolute atomic E-state index is 12.9. The third kappa shape index (κ3) is 21.7. The van der Waals surface area contributed by atoms with Crippen LogP contribution in [-0.4, -0.2) is 98.7 Å². The van der Waals surface area contributed by atoms with Crippen molar-refractivity contribution in [2.75, 3.05) is 13.2 Å². The summed E-state index contributed by atoms with van der Waals surface area (Å²) < 4.78 is 11.1. The summed E-state index contributed by atoms with van der Waals surface area (Å²) in [6, 6.07) is -1.01. The second-order valence-corrected chi connectivity index (χ2v) is 13.9. The quantitative estimate of drug-likeness (QED) is 0.0342. The number of amides is 1. The molecule has 1 heterocycles. The van der Waals surface area contributed by atoms with Crippen molar-refractivity contribution in [2.45, 2.75) is 198 Å². The highest BCUT2D eigenvalue weighted by molar-refractivity contribution is 5.81. The van der Waals surface area contributed by atoms with Gasteiger partial charge in [-0.2, -0.15) is 0 Å². The standard InChI is InChI=1S/C40H73NO9/c1-3-5-7-9-11-13-15-17-19-20-22-24-26-28-33(43)32(31-49-40-38(47)37(46)36(45)35(30-42)50-40)41-39(48)34(44)29-27-25-23-21-18-16-14-12-10-8-6-4-2/h18,21,25-28,32-38,40,42-47H,3-17,19-20,22-24,29-31H2,1-2H3,(H,41,48)/b21-18-,27-25-,28-26+. The Morgan fingerprint density at radius 1 is 0.700 bits per heavy atom. The van der Waals surface area contributed by atoms with Crippen LogP contribution in [0.3, 0.4) is 0 Å². The van der Waals surface area contributed by atoms with Crippen molar-refractivity contribution < 1.29 is 44.9 Å². The van der Waals surface area contributed by atoms with E-state index >= 15 is 0 Å². The van der Waals surface area contributed by atoms with Crippen LogP contribution in [0.1, 0.15) is 149 Å². The van der Waals surface area contributed by atoms with E-state index in [-0.39, 0.29) is 13.0 Å². The van der Waals surface area contributed by atoms with Crippen molar-refractivity contribution in [3.8, 4) is 0 Å². The Morgan fingerprint density at radius 3 is 1.78 bits per heavy atom. The topological polar surface area (TPSA) is 169 Å². The molecule has 50 heavy (non-hydrogen) atoms. The number of carbonyl (C=O) groups excluding carboxylic acids is 1. The Kier molecular flexibility index (Phi) is 28.7. The van der Waals surface area contributed by atoms with Crippen LogP contribution in [0.4, 0.5) is 0 Å². The van der Waals surface area contributed by atoms with Crippen LogP contribution in [0.15, 0.2) is 36.5 Å². The molecule has 0 spiro atoms. The Labute approximate surface area is 303 Å². The Balaban J connectivity index is 2.58. The zero-order chi connectivity index (χ0) is 36.8. The number of aliphatic hydroxyl groups excluding tert-OH is 6. The second-order valence-electron chi connectivity index (χ2n) is 13.9. The molecule has 1 amide bonds. The molecule has 0 saturated carbocycles. The molecule has 8 unspecified atom stereocenters. The summed E-state index contributed by atoms with van der Waals surface area (Å²) >= 11 is 0. The van der Waals surface area contributed by atoms with E-state index in [1.807, 2.05) is 12.2 Å². The molecule has 7 N–H and O–H groups in total. The SMILES string of the molecule is CCCCCCCC/C=C\C/C=C\CC(O)C(=O)NC(COC1OC(CO)C(O)C(O)C1O)C(O)/C=C/CCCCCCCCCCCCC. The third-order valence-electron chi connectivity index (χ3n) is 9.33. The molecule has 1 aliphatic heterocycles. The second kappa shape index (κ2) is 30.9. The molecule has 0 radical (unpaired) electrons. The lowest BCUT2D eigenvalue weighted by Gasteiger charge is -2.40. The number of nitrogens with one attached hydrogen (secondary N) is 1. The number of rotatable bonds is 31. The predicted octanol–water partition coefficient (Wildman–Crippen LogP) is 5.91. The summed E-state index contributed by atoms with van der Waals surface area (Å²) in [5, 5.41) is 64.2. The van der Waals surface area contributed by atoms with Gasteiger partial charge in [0.2, 0.25) is 5.91 Å². The van der Waals surface area contributed by atoms with Gasteiger partial charge >= 0.3 is 0 Å². The van der Waals surface area contributed by atoms with Crippen LogP contribution in [-0.2, 0) is 14.3 Å². The van der Waals surface area contributed by atoms with Gasteiger partial charge in [0, 0.05) is 6.42 Å². The van der Waals surface area contributed by atoms with E-state index in [0.29, 0.717) is 6.42 Å². The average Bonchev–Trinajstić information content (AvgIpc) is 3.11. The van der Waals surface area contributed by atoms with Gasteiger partial charge in [0.1, 0.15) is 30.5 Å². The van der Waals surface area contributed by atoms with Gasteiger partial charge in [-0.3, -0.25) is 4.79 Å². The fraction of sp³-hybridized carbons (Fsp3) is 0.825. The number of unbranched alkanes of at least 4 members (excludes halogenated alkanes) is 17. The van der Waals surface area contributed by atoms with Crippen LogP contribution >= 0.6 is 0 Å². The summed E-state index contributed by atoms with van der Waals surface area (Å²) in [6.45, 7) is 3.52. The highest BCUT2D eigenvalue weighted by Crippen LogP contribution is 2.22. The minimum Gasteiger partial charge on any atom is -0.394 e. The summed E-state index contributed by atoms with van der Waals surface area (Å²) in [5.74, 6) is -0.687. The highest BCUT2D eigenvalue weighted by Gasteiger charge is 2.44. The van der Waals surface area contributed by atoms with Crippen molar-refractivity contribution in [1.82, 2.24) is 5.32 Å². The number of allylic oxidation sites excluding steroid dienone is 4. The van der Waals surface area contributed by atoms with Crippen LogP contribution in [0.2, 0.25) is 0 Å². The molecule has 0 aliphatic carbocycles. The van der Waals surface area contributed by atoms with Gasteiger partial charge in [-0.1, -0.05) is 147 Å². The predicted molar refractivity (Wildman–Crippen MR) is 199 cm³/mol. The van der Waals surface area contributed by atoms with Crippen molar-refractivity contribution in [3.05, 3.63) is 36.5 Å². The Bertz CT molecular complexity index is 896. The molecular formula is C40H73NO9. The normalized spacial score (nSPS) is 23.2. The van der Waals surface area contributed by atoms with E-state index in [1.165, 1.54) is 96.3 Å². The fourth-order valence-corrected chi connectivity index (χ4v) is 5.97. The summed E-state index contributed by atoms with van der Waals surface area (Å²) in [7, 11) is 0. The number of hydrogen-bond acceptors (Lipinski definition) is 9. The fourth-order valence-electron chi connectivity index (χ4n) is 5.97. The molecule has 1 aliphatic rings. The van der Waals surface area contributed by atoms with E-state index < -0.39 is 61.5 Å². The van der Waals surface area contributed by atoms with Gasteiger partial charge in [-0.15, -0.1) is 0 Å². The monoisotopic (exact) mass is 712 g/mol. The van der Waals surface area contributed by atoms with Crippen molar-refractivity contribution >= 4 is 5.91 Å². The van der Waals surface area contributed by atoms with Gasteiger partial charge in [-0.25, -0.2) is 0 Å². The molecule has 10 heteroatoms. The lowest BCUT2D eigenvalue weighted by atomic mass is 9.99. The number of carbonyl (C=O) groups is 1. The Hall–Kier alpha value is -1.63. The van der Waals surface area contributed by atoms with E-state index in [9.17, 15) is 35.4 Å². The molecule has 8 atom stereocenters. The summed E-state index contributed by atoms with van der Waals surface area (Å²) in [5.41, 5.74) is 0. The molecular weight excluding hydrogens is 638 g/mol. The molecule has 1 rings (SSSR count). The van der Waals surface area contributed by atoms with E-state index in [4.69, 9.17) is 9.47 Å². The van der Waals surface area contributed by atoms with Crippen molar-refractivity contribution in [2.24, 2.45) is 0 Å². The zero-order valence-electron chi connectivity index (χ0n) is 31.3. The molecule has 0 aromatic rings. The first-order chi connectivity index (χ1) is 24.3. The minimum atomic E-state index is -1.62. The largest absolute Gasteiger partial charge is 0.394 e. The van der Waals surface area contributed by atoms with Gasteiger partial charge in [0.05, 0.1) is 25.4 Å². The van der Waals surface area contributed by atoms with Crippen LogP contribution in [0.25, 0.3) is 0 Å². The first-order valence-electron chi connectivity index (χ1n) is 19.8. The number of hydrogen-bond donors (Lipinski definition) is 7. The number of aliphatic hydroxyl groups is 6. The van der Waals surface area contributed by atoms with Gasteiger partial charge in [-0.05, 0) is 32.1 Å². The molecule has 0 aromatic heterocycles. The molecule has 10 nitrogen and oxygen atoms in total. The third-order valence-corrected chi connectivity index (χ3v) is 9.33. The highest BCUT2D eigenvalue weighted by atomic mass is 16.7. The molecule has 0 bridgehead atoms. The lowest BCUT2D eigenvalue weighted by Crippen LogP contribution is -2.60. The Morgan fingerprint density at radius 2 is 1.22 bits per heavy atom. The van der Waals surface area contributed by atoms with Crippen LogP contribution in [0, 0.1) is 0 Å². The molecule has 292 valence electrons. The smallest absolute Gasteiger partial charge is 0.249 e. The van der Waals surface area contributed by atoms with Gasteiger partial charge in [0.15, 0.2) is 6.29 Å². The lowest BCUT2D eigenvalue weighted by molar-refractivity contribution is -0.302. The van der Waals surface area contributed by atoms with Gasteiger partial charge < -0.3 is 45.4 Å². The first kappa shape index (κ1) is 46.4. The maximum Gasteiger partial charge on any atom is 0.249 e. The zero-order valence-corrected chi connectivity index (χ0v) is 31.3. The first-order valence-corrected chi connectivity index (χ1v) is 19.8. The van der Waals surface area contributed by atoms with Crippen LogP contribution in [0.5, 0.6) is 0 Å². The molecule has 1 saturated heterocycles. The summed E-state index contributed by atoms with van der Waals surface area (Å²) in [4.78, 5) is 12.9. The maximum atomic E-state index is 12.9. The van der Waals surface area contributed by atoms with E-state index in [0.717, 1.165) is 25.7 Å². The van der Waals surface area contributed by atoms with E-state index in [2.05, 4.69) is 31.3 Å². The minimum absolute atomic E-state index is 0.0994. The molecule has 1 fully saturated rings. The average molecular weight is 712 g/mol. The van der Waals surface area contributed by atoms with Crippen molar-refractivity contribution in [3.63, 3.8) is 0 Å². The van der Waals surface area contributed by atoms with Gasteiger partial charge in [0.25, 0.3) is 0 Å².